The van der Waals surface area contributed by atoms with Crippen molar-refractivity contribution in [2.45, 2.75) is 13.8 Å². The lowest BCUT2D eigenvalue weighted by molar-refractivity contribution is 0.103. The Morgan fingerprint density at radius 1 is 1.23 bits per heavy atom. The van der Waals surface area contributed by atoms with Crippen molar-refractivity contribution in [3.8, 4) is 16.2 Å². The number of carbonyl (C=O) groups excluding carboxylic acids is 1. The molecular formula is C17H15NO3S. The topological polar surface area (TPSA) is 52.3 Å². The number of hydrogen-bond donors (Lipinski definition) is 0. The molecule has 0 aliphatic carbocycles. The van der Waals surface area contributed by atoms with Gasteiger partial charge >= 0.3 is 0 Å². The van der Waals surface area contributed by atoms with E-state index in [1.807, 2.05) is 32.0 Å². The third-order valence-corrected chi connectivity index (χ3v) is 4.46. The van der Waals surface area contributed by atoms with E-state index in [9.17, 15) is 4.79 Å². The molecule has 0 aliphatic heterocycles. The maximum Gasteiger partial charge on any atom is 0.204 e. The molecule has 0 atom stereocenters. The van der Waals surface area contributed by atoms with Crippen LogP contribution in [-0.2, 0) is 0 Å². The minimum absolute atomic E-state index is 0.0761. The first-order valence-corrected chi connectivity index (χ1v) is 7.57. The average Bonchev–Trinajstić information content (AvgIpc) is 3.18. The van der Waals surface area contributed by atoms with Crippen LogP contribution in [0.25, 0.3) is 11.1 Å². The second-order valence-corrected chi connectivity index (χ2v) is 5.77. The molecule has 0 aliphatic rings. The van der Waals surface area contributed by atoms with Gasteiger partial charge in [-0.3, -0.25) is 4.79 Å². The van der Waals surface area contributed by atoms with E-state index in [2.05, 4.69) is 4.37 Å². The summed E-state index contributed by atoms with van der Waals surface area (Å²) in [5.41, 5.74) is 5.19. The summed E-state index contributed by atoms with van der Waals surface area (Å²) >= 11 is 1.18. The molecule has 0 N–H and O–H groups in total. The summed E-state index contributed by atoms with van der Waals surface area (Å²) in [6.45, 7) is 3.98. The van der Waals surface area contributed by atoms with Crippen LogP contribution in [0.3, 0.4) is 0 Å². The van der Waals surface area contributed by atoms with Gasteiger partial charge in [-0.25, -0.2) is 0 Å². The maximum atomic E-state index is 12.8. The molecule has 22 heavy (non-hydrogen) atoms. The summed E-state index contributed by atoms with van der Waals surface area (Å²) < 4.78 is 14.4. The first-order chi connectivity index (χ1) is 10.6. The van der Waals surface area contributed by atoms with Crippen LogP contribution in [-0.4, -0.2) is 17.3 Å². The molecule has 4 nitrogen and oxygen atoms in total. The summed E-state index contributed by atoms with van der Waals surface area (Å²) in [5, 5.41) is 0.537. The van der Waals surface area contributed by atoms with Crippen molar-refractivity contribution in [3.63, 3.8) is 0 Å². The van der Waals surface area contributed by atoms with Crippen LogP contribution >= 0.6 is 11.5 Å². The van der Waals surface area contributed by atoms with E-state index in [0.29, 0.717) is 16.2 Å². The van der Waals surface area contributed by atoms with Gasteiger partial charge in [-0.1, -0.05) is 12.1 Å². The quantitative estimate of drug-likeness (QED) is 0.675. The van der Waals surface area contributed by atoms with Crippen molar-refractivity contribution >= 4 is 17.3 Å². The Hall–Kier alpha value is -2.40. The highest BCUT2D eigenvalue weighted by Gasteiger charge is 2.21. The fourth-order valence-corrected chi connectivity index (χ4v) is 3.19. The summed E-state index contributed by atoms with van der Waals surface area (Å²) in [4.78, 5) is 12.8. The number of aromatic nitrogens is 1. The number of nitrogens with zero attached hydrogens (tertiary/aromatic N) is 1. The van der Waals surface area contributed by atoms with E-state index in [1.54, 1.807) is 25.8 Å². The number of aryl methyl sites for hydroxylation is 1. The van der Waals surface area contributed by atoms with Gasteiger partial charge in [0.15, 0.2) is 5.78 Å². The van der Waals surface area contributed by atoms with Gasteiger partial charge in [-0.05, 0) is 36.6 Å². The molecule has 0 saturated heterocycles. The van der Waals surface area contributed by atoms with Crippen molar-refractivity contribution in [1.82, 2.24) is 4.37 Å². The minimum Gasteiger partial charge on any atom is -0.486 e. The number of methoxy groups -OCH3 is 1. The zero-order valence-corrected chi connectivity index (χ0v) is 13.4. The van der Waals surface area contributed by atoms with Crippen molar-refractivity contribution in [3.05, 3.63) is 59.2 Å². The molecule has 0 saturated carbocycles. The fraction of sp³-hybridized carbons (Fsp3) is 0.176. The van der Waals surface area contributed by atoms with E-state index in [-0.39, 0.29) is 5.78 Å². The van der Waals surface area contributed by atoms with E-state index in [0.717, 1.165) is 22.3 Å². The SMILES string of the molecule is COc1sncc1C(=O)c1ccc(C)c(-c2ccoc2)c1C. The lowest BCUT2D eigenvalue weighted by Crippen LogP contribution is -2.06. The van der Waals surface area contributed by atoms with Crippen molar-refractivity contribution in [1.29, 1.82) is 0 Å². The van der Waals surface area contributed by atoms with E-state index < -0.39 is 0 Å². The number of hydrogen-bond acceptors (Lipinski definition) is 5. The molecule has 0 unspecified atom stereocenters. The third-order valence-electron chi connectivity index (χ3n) is 3.70. The molecule has 1 aromatic carbocycles. The molecule has 0 radical (unpaired) electrons. The summed E-state index contributed by atoms with van der Waals surface area (Å²) in [6.07, 6.45) is 4.88. The normalized spacial score (nSPS) is 10.7. The smallest absolute Gasteiger partial charge is 0.204 e. The lowest BCUT2D eigenvalue weighted by atomic mass is 9.91. The third kappa shape index (κ3) is 2.33. The lowest BCUT2D eigenvalue weighted by Gasteiger charge is -2.12. The van der Waals surface area contributed by atoms with E-state index >= 15 is 0 Å². The largest absolute Gasteiger partial charge is 0.486 e. The molecule has 0 spiro atoms. The second-order valence-electron chi connectivity index (χ2n) is 5.00. The van der Waals surface area contributed by atoms with Gasteiger partial charge in [0.05, 0.1) is 31.4 Å². The van der Waals surface area contributed by atoms with Crippen LogP contribution < -0.4 is 4.74 Å². The van der Waals surface area contributed by atoms with Crippen molar-refractivity contribution < 1.29 is 13.9 Å². The van der Waals surface area contributed by atoms with Gasteiger partial charge in [-0.15, -0.1) is 0 Å². The Kier molecular flexibility index (Phi) is 3.81. The molecule has 0 fully saturated rings. The number of ketones is 1. The van der Waals surface area contributed by atoms with Crippen molar-refractivity contribution in [2.24, 2.45) is 0 Å². The zero-order valence-electron chi connectivity index (χ0n) is 12.5. The van der Waals surface area contributed by atoms with Gasteiger partial charge in [-0.2, -0.15) is 4.37 Å². The molecule has 3 aromatic rings. The van der Waals surface area contributed by atoms with Crippen LogP contribution in [0.15, 0.2) is 41.3 Å². The highest BCUT2D eigenvalue weighted by molar-refractivity contribution is 7.08. The molecule has 0 amide bonds. The fourth-order valence-electron chi connectivity index (χ4n) is 2.62. The van der Waals surface area contributed by atoms with Gasteiger partial charge in [0.25, 0.3) is 0 Å². The molecule has 3 rings (SSSR count). The molecule has 2 aromatic heterocycles. The molecule has 112 valence electrons. The highest BCUT2D eigenvalue weighted by Crippen LogP contribution is 2.32. The number of rotatable bonds is 4. The first-order valence-electron chi connectivity index (χ1n) is 6.79. The zero-order chi connectivity index (χ0) is 15.7. The molecule has 2 heterocycles. The van der Waals surface area contributed by atoms with Gasteiger partial charge in [0.2, 0.25) is 5.06 Å². The van der Waals surface area contributed by atoms with Crippen LogP contribution in [0.4, 0.5) is 0 Å². The predicted molar refractivity (Wildman–Crippen MR) is 85.7 cm³/mol. The Balaban J connectivity index is 2.13. The average molecular weight is 313 g/mol. The number of benzene rings is 1. The maximum absolute atomic E-state index is 12.8. The molecular weight excluding hydrogens is 298 g/mol. The molecule has 5 heteroatoms. The summed E-state index contributed by atoms with van der Waals surface area (Å²) in [6, 6.07) is 5.71. The van der Waals surface area contributed by atoms with Crippen LogP contribution in [0.2, 0.25) is 0 Å². The van der Waals surface area contributed by atoms with Gasteiger partial charge in [0.1, 0.15) is 0 Å². The monoisotopic (exact) mass is 313 g/mol. The van der Waals surface area contributed by atoms with Crippen molar-refractivity contribution in [2.75, 3.05) is 7.11 Å². The Morgan fingerprint density at radius 2 is 2.05 bits per heavy atom. The van der Waals surface area contributed by atoms with Gasteiger partial charge in [0, 0.05) is 22.7 Å². The standard InChI is InChI=1S/C17H15NO3S/c1-10-4-5-13(11(2)15(10)12-6-7-21-9-12)16(19)14-8-18-22-17(14)20-3/h4-9H,1-3H3. The number of furan rings is 1. The summed E-state index contributed by atoms with van der Waals surface area (Å²) in [5.74, 6) is -0.0761. The minimum atomic E-state index is -0.0761. The van der Waals surface area contributed by atoms with Crippen LogP contribution in [0.5, 0.6) is 5.06 Å². The van der Waals surface area contributed by atoms with Gasteiger partial charge < -0.3 is 9.15 Å². The number of carbonyl (C=O) groups is 1. The summed E-state index contributed by atoms with van der Waals surface area (Å²) in [7, 11) is 1.54. The Bertz CT molecular complexity index is 819. The van der Waals surface area contributed by atoms with E-state index in [4.69, 9.17) is 9.15 Å². The van der Waals surface area contributed by atoms with Crippen LogP contribution in [0, 0.1) is 13.8 Å². The molecule has 0 bridgehead atoms. The first kappa shape index (κ1) is 14.5. The number of ether oxygens (including phenoxy) is 1. The second kappa shape index (κ2) is 5.77. The predicted octanol–water partition coefficient (Wildman–Crippen LogP) is 4.26. The Morgan fingerprint density at radius 3 is 2.73 bits per heavy atom. The highest BCUT2D eigenvalue weighted by atomic mass is 32.1. The van der Waals surface area contributed by atoms with Crippen LogP contribution in [0.1, 0.15) is 27.0 Å². The van der Waals surface area contributed by atoms with E-state index in [1.165, 1.54) is 11.5 Å². The Labute approximate surface area is 132 Å².